The fourth-order valence-electron chi connectivity index (χ4n) is 1.12. The summed E-state index contributed by atoms with van der Waals surface area (Å²) in [7, 11) is 0. The molecule has 1 aromatic carbocycles. The molecule has 1 heterocycles. The lowest BCUT2D eigenvalue weighted by atomic mass is 10.2. The Bertz CT molecular complexity index is 384. The van der Waals surface area contributed by atoms with Gasteiger partial charge in [0.1, 0.15) is 6.26 Å². The van der Waals surface area contributed by atoms with Crippen LogP contribution in [0.4, 0.5) is 0 Å². The minimum absolute atomic E-state index is 0.677. The van der Waals surface area contributed by atoms with Crippen molar-refractivity contribution in [3.05, 3.63) is 36.7 Å². The van der Waals surface area contributed by atoms with Gasteiger partial charge in [-0.2, -0.15) is 0 Å². The van der Waals surface area contributed by atoms with Gasteiger partial charge in [0.25, 0.3) is 0 Å². The van der Waals surface area contributed by atoms with Gasteiger partial charge in [-0.3, -0.25) is 0 Å². The van der Waals surface area contributed by atoms with Gasteiger partial charge in [-0.25, -0.2) is 4.98 Å². The van der Waals surface area contributed by atoms with Crippen molar-refractivity contribution in [1.82, 2.24) is 4.98 Å². The Labute approximate surface area is 81.0 Å². The van der Waals surface area contributed by atoms with Gasteiger partial charge >= 0.3 is 0 Å². The lowest BCUT2D eigenvalue weighted by Gasteiger charge is -1.98. The van der Waals surface area contributed by atoms with Crippen LogP contribution in [0.1, 0.15) is 0 Å². The topological polar surface area (TPSA) is 26.0 Å². The van der Waals surface area contributed by atoms with E-state index in [4.69, 9.17) is 4.42 Å². The Morgan fingerprint density at radius 1 is 1.38 bits per heavy atom. The van der Waals surface area contributed by atoms with E-state index in [9.17, 15) is 0 Å². The Morgan fingerprint density at radius 3 is 3.00 bits per heavy atom. The second-order valence-corrected chi connectivity index (χ2v) is 3.45. The fourth-order valence-corrected chi connectivity index (χ4v) is 1.58. The number of thioether (sulfide) groups is 1. The third-order valence-corrected chi connectivity index (χ3v) is 2.47. The van der Waals surface area contributed by atoms with E-state index in [0.29, 0.717) is 5.89 Å². The SMILES string of the molecule is CSc1cccc(-c2ncco2)c1. The van der Waals surface area contributed by atoms with E-state index in [2.05, 4.69) is 23.4 Å². The lowest BCUT2D eigenvalue weighted by molar-refractivity contribution is 0.574. The van der Waals surface area contributed by atoms with Gasteiger partial charge in [0.05, 0.1) is 6.20 Å². The molecule has 0 amide bonds. The summed E-state index contributed by atoms with van der Waals surface area (Å²) < 4.78 is 5.20. The van der Waals surface area contributed by atoms with Gasteiger partial charge in [0, 0.05) is 10.5 Å². The van der Waals surface area contributed by atoms with E-state index in [-0.39, 0.29) is 0 Å². The summed E-state index contributed by atoms with van der Waals surface area (Å²) in [6.07, 6.45) is 5.29. The Balaban J connectivity index is 2.41. The molecule has 0 spiro atoms. The van der Waals surface area contributed by atoms with Crippen LogP contribution in [0, 0.1) is 0 Å². The van der Waals surface area contributed by atoms with Crippen molar-refractivity contribution >= 4 is 11.8 Å². The summed E-state index contributed by atoms with van der Waals surface area (Å²) in [5.41, 5.74) is 1.02. The van der Waals surface area contributed by atoms with Crippen LogP contribution in [0.2, 0.25) is 0 Å². The molecule has 2 aromatic rings. The van der Waals surface area contributed by atoms with Crippen LogP contribution in [-0.2, 0) is 0 Å². The van der Waals surface area contributed by atoms with Crippen LogP contribution < -0.4 is 0 Å². The molecule has 0 aliphatic rings. The minimum atomic E-state index is 0.677. The molecular formula is C10H9NOS. The van der Waals surface area contributed by atoms with Crippen LogP contribution >= 0.6 is 11.8 Å². The maximum Gasteiger partial charge on any atom is 0.225 e. The van der Waals surface area contributed by atoms with Gasteiger partial charge in [0.15, 0.2) is 0 Å². The highest BCUT2D eigenvalue weighted by molar-refractivity contribution is 7.98. The molecule has 0 fully saturated rings. The second-order valence-electron chi connectivity index (χ2n) is 2.57. The predicted molar refractivity (Wildman–Crippen MR) is 53.7 cm³/mol. The first kappa shape index (κ1) is 8.38. The van der Waals surface area contributed by atoms with Crippen LogP contribution in [0.15, 0.2) is 46.0 Å². The number of hydrogen-bond donors (Lipinski definition) is 0. The Hall–Kier alpha value is -1.22. The molecule has 66 valence electrons. The fraction of sp³-hybridized carbons (Fsp3) is 0.100. The van der Waals surface area contributed by atoms with E-state index in [1.165, 1.54) is 4.90 Å². The summed E-state index contributed by atoms with van der Waals surface area (Å²) in [5.74, 6) is 0.677. The number of benzene rings is 1. The molecule has 0 saturated heterocycles. The summed E-state index contributed by atoms with van der Waals surface area (Å²) in [5, 5.41) is 0. The van der Waals surface area contributed by atoms with E-state index >= 15 is 0 Å². The maximum atomic E-state index is 5.20. The third kappa shape index (κ3) is 1.75. The highest BCUT2D eigenvalue weighted by Crippen LogP contribution is 2.22. The number of nitrogens with zero attached hydrogens (tertiary/aromatic N) is 1. The number of aromatic nitrogens is 1. The van der Waals surface area contributed by atoms with E-state index < -0.39 is 0 Å². The van der Waals surface area contributed by atoms with Crippen molar-refractivity contribution in [1.29, 1.82) is 0 Å². The highest BCUT2D eigenvalue weighted by Gasteiger charge is 2.01. The summed E-state index contributed by atoms with van der Waals surface area (Å²) >= 11 is 1.71. The molecule has 2 rings (SSSR count). The van der Waals surface area contributed by atoms with Crippen LogP contribution in [0.3, 0.4) is 0 Å². The molecule has 0 radical (unpaired) electrons. The Morgan fingerprint density at radius 2 is 2.31 bits per heavy atom. The molecule has 0 bridgehead atoms. The molecule has 0 unspecified atom stereocenters. The molecule has 0 aliphatic carbocycles. The van der Waals surface area contributed by atoms with Gasteiger partial charge in [-0.15, -0.1) is 11.8 Å². The van der Waals surface area contributed by atoms with Gasteiger partial charge in [-0.1, -0.05) is 6.07 Å². The number of rotatable bonds is 2. The Kier molecular flexibility index (Phi) is 2.36. The van der Waals surface area contributed by atoms with Crippen molar-refractivity contribution in [3.63, 3.8) is 0 Å². The zero-order valence-electron chi connectivity index (χ0n) is 7.23. The van der Waals surface area contributed by atoms with Crippen molar-refractivity contribution in [2.24, 2.45) is 0 Å². The van der Waals surface area contributed by atoms with E-state index in [0.717, 1.165) is 5.56 Å². The molecule has 0 atom stereocenters. The maximum absolute atomic E-state index is 5.20. The van der Waals surface area contributed by atoms with Gasteiger partial charge in [-0.05, 0) is 24.5 Å². The van der Waals surface area contributed by atoms with Crippen LogP contribution in [0.25, 0.3) is 11.5 Å². The average molecular weight is 191 g/mol. The molecule has 1 aromatic heterocycles. The van der Waals surface area contributed by atoms with Gasteiger partial charge < -0.3 is 4.42 Å². The number of oxazole rings is 1. The molecular weight excluding hydrogens is 182 g/mol. The summed E-state index contributed by atoms with van der Waals surface area (Å²) in [6, 6.07) is 8.13. The zero-order valence-corrected chi connectivity index (χ0v) is 8.04. The lowest BCUT2D eigenvalue weighted by Crippen LogP contribution is -1.77. The first-order valence-electron chi connectivity index (χ1n) is 3.94. The van der Waals surface area contributed by atoms with Crippen molar-refractivity contribution in [2.75, 3.05) is 6.26 Å². The van der Waals surface area contributed by atoms with Crippen LogP contribution in [0.5, 0.6) is 0 Å². The van der Waals surface area contributed by atoms with Crippen molar-refractivity contribution in [2.45, 2.75) is 4.90 Å². The quantitative estimate of drug-likeness (QED) is 0.682. The molecule has 0 N–H and O–H groups in total. The van der Waals surface area contributed by atoms with E-state index in [1.807, 2.05) is 12.1 Å². The van der Waals surface area contributed by atoms with Crippen molar-refractivity contribution in [3.8, 4) is 11.5 Å². The molecule has 0 saturated carbocycles. The predicted octanol–water partition coefficient (Wildman–Crippen LogP) is 3.06. The smallest absolute Gasteiger partial charge is 0.225 e. The molecule has 0 aliphatic heterocycles. The first-order chi connectivity index (χ1) is 6.40. The number of hydrogen-bond acceptors (Lipinski definition) is 3. The summed E-state index contributed by atoms with van der Waals surface area (Å²) in [6.45, 7) is 0. The normalized spacial score (nSPS) is 10.2. The highest BCUT2D eigenvalue weighted by atomic mass is 32.2. The van der Waals surface area contributed by atoms with E-state index in [1.54, 1.807) is 24.2 Å². The monoisotopic (exact) mass is 191 g/mol. The second kappa shape index (κ2) is 3.66. The standard InChI is InChI=1S/C10H9NOS/c1-13-9-4-2-3-8(7-9)10-11-5-6-12-10/h2-7H,1H3. The largest absolute Gasteiger partial charge is 0.445 e. The molecule has 13 heavy (non-hydrogen) atoms. The molecule has 2 nitrogen and oxygen atoms in total. The summed E-state index contributed by atoms with van der Waals surface area (Å²) in [4.78, 5) is 5.30. The first-order valence-corrected chi connectivity index (χ1v) is 5.16. The minimum Gasteiger partial charge on any atom is -0.445 e. The van der Waals surface area contributed by atoms with Crippen molar-refractivity contribution < 1.29 is 4.42 Å². The zero-order chi connectivity index (χ0) is 9.10. The van der Waals surface area contributed by atoms with Gasteiger partial charge in [0.2, 0.25) is 5.89 Å². The average Bonchev–Trinajstić information content (AvgIpc) is 2.71. The molecule has 3 heteroatoms. The van der Waals surface area contributed by atoms with Crippen LogP contribution in [-0.4, -0.2) is 11.2 Å². The third-order valence-electron chi connectivity index (χ3n) is 1.75.